The van der Waals surface area contributed by atoms with Crippen molar-refractivity contribution < 1.29 is 4.79 Å². The van der Waals surface area contributed by atoms with Crippen LogP contribution in [0.3, 0.4) is 0 Å². The van der Waals surface area contributed by atoms with Crippen molar-refractivity contribution in [1.29, 1.82) is 0 Å². The third-order valence-corrected chi connectivity index (χ3v) is 3.22. The fourth-order valence-corrected chi connectivity index (χ4v) is 2.19. The fourth-order valence-electron chi connectivity index (χ4n) is 2.19. The van der Waals surface area contributed by atoms with Gasteiger partial charge in [-0.15, -0.1) is 0 Å². The van der Waals surface area contributed by atoms with Gasteiger partial charge < -0.3 is 5.32 Å². The van der Waals surface area contributed by atoms with Crippen LogP contribution in [0.25, 0.3) is 0 Å². The highest BCUT2D eigenvalue weighted by Crippen LogP contribution is 2.22. The third-order valence-electron chi connectivity index (χ3n) is 3.22. The van der Waals surface area contributed by atoms with E-state index in [1.165, 1.54) is 5.56 Å². The van der Waals surface area contributed by atoms with Crippen LogP contribution in [-0.4, -0.2) is 11.9 Å². The van der Waals surface area contributed by atoms with Gasteiger partial charge in [0.1, 0.15) is 0 Å². The van der Waals surface area contributed by atoms with Gasteiger partial charge in [-0.05, 0) is 42.4 Å². The highest BCUT2D eigenvalue weighted by molar-refractivity contribution is 5.94. The first kappa shape index (κ1) is 15.7. The van der Waals surface area contributed by atoms with Crippen LogP contribution in [0.1, 0.15) is 63.9 Å². The second-order valence-corrected chi connectivity index (χ2v) is 6.83. The van der Waals surface area contributed by atoms with Gasteiger partial charge >= 0.3 is 0 Å². The smallest absolute Gasteiger partial charge is 0.251 e. The van der Waals surface area contributed by atoms with Crippen molar-refractivity contribution in [2.45, 2.75) is 59.4 Å². The van der Waals surface area contributed by atoms with Crippen molar-refractivity contribution in [3.8, 4) is 0 Å². The normalized spacial score (nSPS) is 13.4. The Morgan fingerprint density at radius 2 is 1.63 bits per heavy atom. The highest BCUT2D eigenvalue weighted by Gasteiger charge is 2.15. The zero-order valence-electron chi connectivity index (χ0n) is 13.1. The van der Waals surface area contributed by atoms with E-state index in [4.69, 9.17) is 0 Å². The summed E-state index contributed by atoms with van der Waals surface area (Å²) >= 11 is 0. The van der Waals surface area contributed by atoms with Crippen LogP contribution in [0.4, 0.5) is 0 Å². The number of carbonyl (C=O) groups is 1. The van der Waals surface area contributed by atoms with Crippen LogP contribution in [0.15, 0.2) is 24.3 Å². The number of hydrogen-bond donors (Lipinski definition) is 1. The Bertz CT molecular complexity index is 412. The van der Waals surface area contributed by atoms with E-state index in [9.17, 15) is 4.79 Å². The first-order valence-electron chi connectivity index (χ1n) is 7.11. The molecule has 1 atom stereocenters. The minimum atomic E-state index is 0.0219. The largest absolute Gasteiger partial charge is 0.350 e. The number of amides is 1. The van der Waals surface area contributed by atoms with Crippen LogP contribution in [0, 0.1) is 5.92 Å². The van der Waals surface area contributed by atoms with Gasteiger partial charge in [0.05, 0.1) is 0 Å². The van der Waals surface area contributed by atoms with Gasteiger partial charge in [0.2, 0.25) is 0 Å². The molecule has 19 heavy (non-hydrogen) atoms. The SMILES string of the molecule is CC(C)C[C@H](C)NC(=O)c1ccc(C(C)(C)C)cc1. The lowest BCUT2D eigenvalue weighted by molar-refractivity contribution is 0.0936. The van der Waals surface area contributed by atoms with Crippen molar-refractivity contribution in [1.82, 2.24) is 5.32 Å². The minimum absolute atomic E-state index is 0.0219. The fraction of sp³-hybridized carbons (Fsp3) is 0.588. The maximum Gasteiger partial charge on any atom is 0.251 e. The number of nitrogens with one attached hydrogen (secondary N) is 1. The van der Waals surface area contributed by atoms with Crippen LogP contribution in [0.2, 0.25) is 0 Å². The van der Waals surface area contributed by atoms with Crippen LogP contribution >= 0.6 is 0 Å². The number of rotatable bonds is 4. The van der Waals surface area contributed by atoms with E-state index in [1.54, 1.807) is 0 Å². The standard InChI is InChI=1S/C17H27NO/c1-12(2)11-13(3)18-16(19)14-7-9-15(10-8-14)17(4,5)6/h7-10,12-13H,11H2,1-6H3,(H,18,19)/t13-/m0/s1. The molecule has 0 spiro atoms. The Hall–Kier alpha value is -1.31. The Morgan fingerprint density at radius 1 is 1.11 bits per heavy atom. The van der Waals surface area contributed by atoms with Gasteiger partial charge in [-0.2, -0.15) is 0 Å². The maximum absolute atomic E-state index is 12.1. The summed E-state index contributed by atoms with van der Waals surface area (Å²) in [7, 11) is 0. The summed E-state index contributed by atoms with van der Waals surface area (Å²) in [6.45, 7) is 12.9. The lowest BCUT2D eigenvalue weighted by Gasteiger charge is -2.19. The quantitative estimate of drug-likeness (QED) is 0.866. The Balaban J connectivity index is 2.68. The molecular formula is C17H27NO. The van der Waals surface area contributed by atoms with Crippen molar-refractivity contribution in [3.63, 3.8) is 0 Å². The predicted molar refractivity (Wildman–Crippen MR) is 81.5 cm³/mol. The topological polar surface area (TPSA) is 29.1 Å². The van der Waals surface area contributed by atoms with E-state index in [1.807, 2.05) is 24.3 Å². The summed E-state index contributed by atoms with van der Waals surface area (Å²) in [5, 5.41) is 3.05. The van der Waals surface area contributed by atoms with E-state index in [-0.39, 0.29) is 17.4 Å². The molecule has 0 fully saturated rings. The molecule has 2 heteroatoms. The molecule has 0 saturated heterocycles. The van der Waals surface area contributed by atoms with Crippen LogP contribution in [-0.2, 0) is 5.41 Å². The molecule has 0 radical (unpaired) electrons. The molecule has 0 bridgehead atoms. The second-order valence-electron chi connectivity index (χ2n) is 6.83. The summed E-state index contributed by atoms with van der Waals surface area (Å²) in [5.74, 6) is 0.618. The number of carbonyl (C=O) groups excluding carboxylic acids is 1. The van der Waals surface area contributed by atoms with Gasteiger partial charge in [-0.3, -0.25) is 4.79 Å². The predicted octanol–water partition coefficient (Wildman–Crippen LogP) is 4.15. The van der Waals surface area contributed by atoms with E-state index >= 15 is 0 Å². The number of hydrogen-bond acceptors (Lipinski definition) is 1. The summed E-state index contributed by atoms with van der Waals surface area (Å²) in [4.78, 5) is 12.1. The lowest BCUT2D eigenvalue weighted by atomic mass is 9.86. The highest BCUT2D eigenvalue weighted by atomic mass is 16.1. The van der Waals surface area contributed by atoms with E-state index < -0.39 is 0 Å². The van der Waals surface area contributed by atoms with Gasteiger partial charge in [0, 0.05) is 11.6 Å². The van der Waals surface area contributed by atoms with E-state index in [0.29, 0.717) is 5.92 Å². The molecule has 0 aliphatic carbocycles. The summed E-state index contributed by atoms with van der Waals surface area (Å²) < 4.78 is 0. The molecule has 1 rings (SSSR count). The van der Waals surface area contributed by atoms with Crippen molar-refractivity contribution in [2.24, 2.45) is 5.92 Å². The van der Waals surface area contributed by atoms with Crippen LogP contribution in [0.5, 0.6) is 0 Å². The summed E-state index contributed by atoms with van der Waals surface area (Å²) in [6, 6.07) is 8.13. The maximum atomic E-state index is 12.1. The monoisotopic (exact) mass is 261 g/mol. The summed E-state index contributed by atoms with van der Waals surface area (Å²) in [6.07, 6.45) is 1.01. The Morgan fingerprint density at radius 3 is 2.05 bits per heavy atom. The Kier molecular flexibility index (Phi) is 5.16. The number of benzene rings is 1. The molecule has 0 aliphatic rings. The molecule has 106 valence electrons. The van der Waals surface area contributed by atoms with Gasteiger partial charge in [-0.25, -0.2) is 0 Å². The van der Waals surface area contributed by atoms with E-state index in [2.05, 4.69) is 46.9 Å². The molecule has 0 unspecified atom stereocenters. The van der Waals surface area contributed by atoms with E-state index in [0.717, 1.165) is 12.0 Å². The molecule has 1 N–H and O–H groups in total. The molecule has 0 aromatic heterocycles. The molecule has 2 nitrogen and oxygen atoms in total. The molecule has 1 amide bonds. The second kappa shape index (κ2) is 6.23. The average Bonchev–Trinajstić information content (AvgIpc) is 2.26. The zero-order valence-corrected chi connectivity index (χ0v) is 13.1. The molecular weight excluding hydrogens is 234 g/mol. The molecule has 0 saturated carbocycles. The molecule has 0 heterocycles. The van der Waals surface area contributed by atoms with Gasteiger partial charge in [0.15, 0.2) is 0 Å². The molecule has 0 aliphatic heterocycles. The van der Waals surface area contributed by atoms with Crippen molar-refractivity contribution >= 4 is 5.91 Å². The van der Waals surface area contributed by atoms with Crippen molar-refractivity contribution in [3.05, 3.63) is 35.4 Å². The zero-order chi connectivity index (χ0) is 14.6. The van der Waals surface area contributed by atoms with Gasteiger partial charge in [-0.1, -0.05) is 46.8 Å². The molecule has 1 aromatic rings. The summed E-state index contributed by atoms with van der Waals surface area (Å²) in [5.41, 5.74) is 2.11. The Labute approximate surface area is 117 Å². The first-order chi connectivity index (χ1) is 8.70. The lowest BCUT2D eigenvalue weighted by Crippen LogP contribution is -2.33. The third kappa shape index (κ3) is 5.06. The average molecular weight is 261 g/mol. The van der Waals surface area contributed by atoms with Gasteiger partial charge in [0.25, 0.3) is 5.91 Å². The van der Waals surface area contributed by atoms with Crippen LogP contribution < -0.4 is 5.32 Å². The molecule has 1 aromatic carbocycles. The first-order valence-corrected chi connectivity index (χ1v) is 7.11. The van der Waals surface area contributed by atoms with Crippen molar-refractivity contribution in [2.75, 3.05) is 0 Å². The minimum Gasteiger partial charge on any atom is -0.350 e.